The van der Waals surface area contributed by atoms with E-state index in [1.54, 1.807) is 29.5 Å². The Kier molecular flexibility index (Phi) is 2.52. The topological polar surface area (TPSA) is 30.2 Å². The lowest BCUT2D eigenvalue weighted by molar-refractivity contribution is 0.101. The largest absolute Gasteiger partial charge is 0.449 e. The maximum absolute atomic E-state index is 13.6. The number of hydrogen-bond donors (Lipinski definition) is 0. The predicted molar refractivity (Wildman–Crippen MR) is 79.3 cm³/mol. The first-order valence-electron chi connectivity index (χ1n) is 5.92. The van der Waals surface area contributed by atoms with Gasteiger partial charge < -0.3 is 4.42 Å². The molecule has 4 aromatic rings. The van der Waals surface area contributed by atoms with Gasteiger partial charge >= 0.3 is 0 Å². The van der Waals surface area contributed by atoms with Gasteiger partial charge in [0.15, 0.2) is 17.2 Å². The summed E-state index contributed by atoms with van der Waals surface area (Å²) < 4.78 is 21.1. The molecular weight excluding hydrogens is 295 g/mol. The number of fused-ring (bicyclic) bond motifs is 2. The number of benzene rings is 1. The van der Waals surface area contributed by atoms with Crippen molar-refractivity contribution in [2.45, 2.75) is 0 Å². The summed E-state index contributed by atoms with van der Waals surface area (Å²) in [4.78, 5) is 13.0. The molecular formula is C15H7FO2S2. The first-order chi connectivity index (χ1) is 9.72. The summed E-state index contributed by atoms with van der Waals surface area (Å²) >= 11 is 3.02. The van der Waals surface area contributed by atoms with E-state index in [4.69, 9.17) is 4.42 Å². The summed E-state index contributed by atoms with van der Waals surface area (Å²) in [6.45, 7) is 0. The van der Waals surface area contributed by atoms with Crippen molar-refractivity contribution in [3.05, 3.63) is 58.2 Å². The number of carbonyl (C=O) groups is 1. The lowest BCUT2D eigenvalue weighted by atomic mass is 10.2. The second-order valence-electron chi connectivity index (χ2n) is 4.36. The van der Waals surface area contributed by atoms with Crippen LogP contribution < -0.4 is 0 Å². The van der Waals surface area contributed by atoms with Crippen LogP contribution in [0.15, 0.2) is 46.2 Å². The number of carbonyl (C=O) groups excluding carboxylic acids is 1. The molecule has 0 N–H and O–H groups in total. The molecule has 4 rings (SSSR count). The molecule has 0 aliphatic rings. The van der Waals surface area contributed by atoms with Crippen LogP contribution in [0.5, 0.6) is 0 Å². The SMILES string of the molecule is O=C(c1cc2cccc(F)c2o1)c1cc2sccc2s1. The van der Waals surface area contributed by atoms with Crippen LogP contribution in [0.2, 0.25) is 0 Å². The van der Waals surface area contributed by atoms with Gasteiger partial charge in [0.2, 0.25) is 5.78 Å². The third kappa shape index (κ3) is 1.71. The first kappa shape index (κ1) is 11.8. The minimum absolute atomic E-state index is 0.134. The van der Waals surface area contributed by atoms with Crippen molar-refractivity contribution in [2.24, 2.45) is 0 Å². The molecule has 0 aliphatic carbocycles. The van der Waals surface area contributed by atoms with E-state index in [0.717, 1.165) is 9.40 Å². The zero-order valence-electron chi connectivity index (χ0n) is 10.1. The maximum Gasteiger partial charge on any atom is 0.238 e. The molecule has 3 heterocycles. The standard InChI is InChI=1S/C15H7FO2S2/c16-9-3-1-2-8-6-10(18-15(8)9)14(17)13-7-12-11(20-13)4-5-19-12/h1-7H. The van der Waals surface area contributed by atoms with Crippen LogP contribution in [0.3, 0.4) is 0 Å². The highest BCUT2D eigenvalue weighted by molar-refractivity contribution is 7.28. The average molecular weight is 302 g/mol. The number of rotatable bonds is 2. The van der Waals surface area contributed by atoms with Crippen molar-refractivity contribution in [3.63, 3.8) is 0 Å². The lowest BCUT2D eigenvalue weighted by Crippen LogP contribution is -1.95. The second kappa shape index (κ2) is 4.26. The van der Waals surface area contributed by atoms with Crippen LogP contribution in [-0.4, -0.2) is 5.78 Å². The molecule has 0 aliphatic heterocycles. The van der Waals surface area contributed by atoms with Gasteiger partial charge in [0.1, 0.15) is 0 Å². The van der Waals surface area contributed by atoms with Gasteiger partial charge in [-0.05, 0) is 29.6 Å². The Morgan fingerprint density at radius 3 is 2.85 bits per heavy atom. The van der Waals surface area contributed by atoms with Gasteiger partial charge in [0.25, 0.3) is 0 Å². The number of ketones is 1. The van der Waals surface area contributed by atoms with E-state index in [1.165, 1.54) is 17.4 Å². The predicted octanol–water partition coefficient (Wildman–Crippen LogP) is 5.08. The number of para-hydroxylation sites is 1. The number of furan rings is 1. The van der Waals surface area contributed by atoms with Crippen molar-refractivity contribution in [1.82, 2.24) is 0 Å². The molecule has 3 aromatic heterocycles. The van der Waals surface area contributed by atoms with E-state index >= 15 is 0 Å². The van der Waals surface area contributed by atoms with E-state index in [1.807, 2.05) is 17.5 Å². The average Bonchev–Trinajstić information content (AvgIpc) is 3.11. The van der Waals surface area contributed by atoms with Crippen molar-refractivity contribution < 1.29 is 13.6 Å². The van der Waals surface area contributed by atoms with Crippen LogP contribution in [0.25, 0.3) is 20.4 Å². The molecule has 0 saturated carbocycles. The van der Waals surface area contributed by atoms with Crippen molar-refractivity contribution in [3.8, 4) is 0 Å². The van der Waals surface area contributed by atoms with Crippen LogP contribution >= 0.6 is 22.7 Å². The molecule has 0 atom stereocenters. The third-order valence-corrected chi connectivity index (χ3v) is 5.18. The van der Waals surface area contributed by atoms with Crippen LogP contribution in [0.4, 0.5) is 4.39 Å². The Labute approximate surface area is 121 Å². The highest BCUT2D eigenvalue weighted by Gasteiger charge is 2.18. The van der Waals surface area contributed by atoms with Crippen molar-refractivity contribution in [2.75, 3.05) is 0 Å². The minimum Gasteiger partial charge on any atom is -0.449 e. The van der Waals surface area contributed by atoms with E-state index in [2.05, 4.69) is 0 Å². The molecule has 0 unspecified atom stereocenters. The number of thiophene rings is 2. The van der Waals surface area contributed by atoms with Gasteiger partial charge in [0, 0.05) is 14.8 Å². The lowest BCUT2D eigenvalue weighted by Gasteiger charge is -1.91. The summed E-state index contributed by atoms with van der Waals surface area (Å²) in [5, 5.41) is 2.60. The fraction of sp³-hybridized carbons (Fsp3) is 0. The van der Waals surface area contributed by atoms with Crippen molar-refractivity contribution >= 4 is 48.8 Å². The molecule has 0 bridgehead atoms. The summed E-state index contributed by atoms with van der Waals surface area (Å²) in [6, 6.07) is 10.1. The molecule has 1 aromatic carbocycles. The molecule has 0 spiro atoms. The number of hydrogen-bond acceptors (Lipinski definition) is 4. The second-order valence-corrected chi connectivity index (χ2v) is 6.39. The summed E-state index contributed by atoms with van der Waals surface area (Å²) in [5.41, 5.74) is 0.134. The van der Waals surface area contributed by atoms with E-state index in [-0.39, 0.29) is 17.1 Å². The van der Waals surface area contributed by atoms with Gasteiger partial charge in [0.05, 0.1) is 4.88 Å². The van der Waals surface area contributed by atoms with Gasteiger partial charge in [-0.2, -0.15) is 0 Å². The molecule has 0 radical (unpaired) electrons. The van der Waals surface area contributed by atoms with Gasteiger partial charge in [-0.25, -0.2) is 4.39 Å². The first-order valence-corrected chi connectivity index (χ1v) is 7.62. The molecule has 0 fully saturated rings. The van der Waals surface area contributed by atoms with Crippen LogP contribution in [0.1, 0.15) is 15.4 Å². The van der Waals surface area contributed by atoms with Gasteiger partial charge in [-0.1, -0.05) is 12.1 Å². The minimum atomic E-state index is -0.450. The molecule has 20 heavy (non-hydrogen) atoms. The molecule has 98 valence electrons. The third-order valence-electron chi connectivity index (χ3n) is 3.08. The Morgan fingerprint density at radius 1 is 1.15 bits per heavy atom. The molecule has 5 heteroatoms. The van der Waals surface area contributed by atoms with E-state index < -0.39 is 5.82 Å². The van der Waals surface area contributed by atoms with Crippen LogP contribution in [0, 0.1) is 5.82 Å². The Balaban J connectivity index is 1.83. The van der Waals surface area contributed by atoms with Gasteiger partial charge in [-0.15, -0.1) is 22.7 Å². The fourth-order valence-corrected chi connectivity index (χ4v) is 4.19. The summed E-state index contributed by atoms with van der Waals surface area (Å²) in [6.07, 6.45) is 0. The maximum atomic E-state index is 13.6. The smallest absolute Gasteiger partial charge is 0.238 e. The van der Waals surface area contributed by atoms with Gasteiger partial charge in [-0.3, -0.25) is 4.79 Å². The molecule has 0 amide bonds. The highest BCUT2D eigenvalue weighted by atomic mass is 32.1. The highest BCUT2D eigenvalue weighted by Crippen LogP contribution is 2.32. The zero-order chi connectivity index (χ0) is 13.7. The zero-order valence-corrected chi connectivity index (χ0v) is 11.7. The Bertz CT molecular complexity index is 917. The Morgan fingerprint density at radius 2 is 2.05 bits per heavy atom. The van der Waals surface area contributed by atoms with Crippen molar-refractivity contribution in [1.29, 1.82) is 0 Å². The molecule has 2 nitrogen and oxygen atoms in total. The summed E-state index contributed by atoms with van der Waals surface area (Å²) in [7, 11) is 0. The fourth-order valence-electron chi connectivity index (χ4n) is 2.14. The Hall–Kier alpha value is -1.98. The van der Waals surface area contributed by atoms with E-state index in [0.29, 0.717) is 10.3 Å². The quantitative estimate of drug-likeness (QED) is 0.483. The monoisotopic (exact) mass is 302 g/mol. The normalized spacial score (nSPS) is 11.4. The molecule has 0 saturated heterocycles. The summed E-state index contributed by atoms with van der Waals surface area (Å²) in [5.74, 6) is -0.471. The van der Waals surface area contributed by atoms with Crippen LogP contribution in [-0.2, 0) is 0 Å². The number of halogens is 1. The van der Waals surface area contributed by atoms with E-state index in [9.17, 15) is 9.18 Å².